The van der Waals surface area contributed by atoms with Gasteiger partial charge in [0, 0.05) is 32.4 Å². The minimum absolute atomic E-state index is 0.121. The molecule has 0 spiro atoms. The summed E-state index contributed by atoms with van der Waals surface area (Å²) in [4.78, 5) is 21.5. The maximum atomic E-state index is 12.7. The van der Waals surface area contributed by atoms with Gasteiger partial charge >= 0.3 is 0 Å². The fourth-order valence-electron chi connectivity index (χ4n) is 3.79. The quantitative estimate of drug-likeness (QED) is 0.809. The van der Waals surface area contributed by atoms with E-state index in [1.807, 2.05) is 12.1 Å². The van der Waals surface area contributed by atoms with Crippen molar-refractivity contribution in [1.82, 2.24) is 15.2 Å². The SMILES string of the molecule is Cc1ccc(C(NC(=O)CN2CCN(c3ccc(Cl)cn3)CC2)C2CC2)cc1. The van der Waals surface area contributed by atoms with Crippen molar-refractivity contribution in [2.45, 2.75) is 25.8 Å². The van der Waals surface area contributed by atoms with Crippen molar-refractivity contribution in [2.75, 3.05) is 37.6 Å². The number of rotatable bonds is 6. The van der Waals surface area contributed by atoms with Gasteiger partial charge in [-0.2, -0.15) is 0 Å². The lowest BCUT2D eigenvalue weighted by Crippen LogP contribution is -2.50. The third kappa shape index (κ3) is 4.83. The van der Waals surface area contributed by atoms with Crippen molar-refractivity contribution >= 4 is 23.3 Å². The molecular formula is C22H27ClN4O. The Morgan fingerprint density at radius 2 is 1.86 bits per heavy atom. The minimum atomic E-state index is 0.121. The molecule has 2 aromatic rings. The van der Waals surface area contributed by atoms with Gasteiger partial charge in [-0.05, 0) is 43.4 Å². The molecule has 6 heteroatoms. The van der Waals surface area contributed by atoms with Crippen LogP contribution in [0.5, 0.6) is 0 Å². The lowest BCUT2D eigenvalue weighted by molar-refractivity contribution is -0.123. The third-order valence-electron chi connectivity index (χ3n) is 5.62. The molecule has 4 rings (SSSR count). The van der Waals surface area contributed by atoms with Gasteiger partial charge in [0.15, 0.2) is 0 Å². The normalized spacial score (nSPS) is 18.7. The number of nitrogens with zero attached hydrogens (tertiary/aromatic N) is 3. The van der Waals surface area contributed by atoms with Gasteiger partial charge in [-0.1, -0.05) is 41.4 Å². The number of amides is 1. The summed E-state index contributed by atoms with van der Waals surface area (Å²) in [6, 6.07) is 12.5. The second-order valence-electron chi connectivity index (χ2n) is 7.89. The number of benzene rings is 1. The molecular weight excluding hydrogens is 372 g/mol. The largest absolute Gasteiger partial charge is 0.354 e. The molecule has 1 saturated heterocycles. The number of anilines is 1. The topological polar surface area (TPSA) is 48.5 Å². The van der Waals surface area contributed by atoms with Crippen molar-refractivity contribution in [2.24, 2.45) is 5.92 Å². The van der Waals surface area contributed by atoms with Gasteiger partial charge in [-0.15, -0.1) is 0 Å². The zero-order chi connectivity index (χ0) is 19.5. The fourth-order valence-corrected chi connectivity index (χ4v) is 3.90. The van der Waals surface area contributed by atoms with Crippen molar-refractivity contribution in [1.29, 1.82) is 0 Å². The second kappa shape index (κ2) is 8.50. The van der Waals surface area contributed by atoms with E-state index >= 15 is 0 Å². The van der Waals surface area contributed by atoms with Gasteiger partial charge in [-0.3, -0.25) is 9.69 Å². The Kier molecular flexibility index (Phi) is 5.83. The molecule has 5 nitrogen and oxygen atoms in total. The van der Waals surface area contributed by atoms with E-state index in [4.69, 9.17) is 11.6 Å². The molecule has 1 atom stereocenters. The van der Waals surface area contributed by atoms with E-state index < -0.39 is 0 Å². The van der Waals surface area contributed by atoms with Gasteiger partial charge in [0.1, 0.15) is 5.82 Å². The van der Waals surface area contributed by atoms with Crippen LogP contribution in [0, 0.1) is 12.8 Å². The van der Waals surface area contributed by atoms with Gasteiger partial charge in [0.05, 0.1) is 17.6 Å². The smallest absolute Gasteiger partial charge is 0.234 e. The number of hydrogen-bond acceptors (Lipinski definition) is 4. The lowest BCUT2D eigenvalue weighted by Gasteiger charge is -2.35. The van der Waals surface area contributed by atoms with E-state index in [1.165, 1.54) is 24.0 Å². The van der Waals surface area contributed by atoms with Gasteiger partial charge in [0.2, 0.25) is 5.91 Å². The average molecular weight is 399 g/mol. The van der Waals surface area contributed by atoms with E-state index in [1.54, 1.807) is 6.20 Å². The van der Waals surface area contributed by atoms with Crippen LogP contribution in [0.2, 0.25) is 5.02 Å². The van der Waals surface area contributed by atoms with Crippen molar-refractivity contribution < 1.29 is 4.79 Å². The first-order chi connectivity index (χ1) is 13.6. The number of nitrogens with one attached hydrogen (secondary N) is 1. The Hall–Kier alpha value is -2.11. The van der Waals surface area contributed by atoms with Crippen molar-refractivity contribution in [3.05, 3.63) is 58.7 Å². The molecule has 28 heavy (non-hydrogen) atoms. The highest BCUT2D eigenvalue weighted by Crippen LogP contribution is 2.41. The first-order valence-electron chi connectivity index (χ1n) is 10.0. The summed E-state index contributed by atoms with van der Waals surface area (Å²) in [6.45, 7) is 6.00. The second-order valence-corrected chi connectivity index (χ2v) is 8.33. The van der Waals surface area contributed by atoms with Crippen LogP contribution in [0.4, 0.5) is 5.82 Å². The number of pyridine rings is 1. The first-order valence-corrected chi connectivity index (χ1v) is 10.4. The molecule has 1 amide bonds. The van der Waals surface area contributed by atoms with E-state index in [9.17, 15) is 4.79 Å². The van der Waals surface area contributed by atoms with Crippen LogP contribution in [0.1, 0.15) is 30.0 Å². The van der Waals surface area contributed by atoms with E-state index in [0.29, 0.717) is 17.5 Å². The maximum Gasteiger partial charge on any atom is 0.234 e. The molecule has 0 radical (unpaired) electrons. The molecule has 1 N–H and O–H groups in total. The summed E-state index contributed by atoms with van der Waals surface area (Å²) >= 11 is 5.92. The Morgan fingerprint density at radius 1 is 1.14 bits per heavy atom. The highest BCUT2D eigenvalue weighted by Gasteiger charge is 2.33. The van der Waals surface area contributed by atoms with Crippen LogP contribution in [0.3, 0.4) is 0 Å². The van der Waals surface area contributed by atoms with E-state index in [2.05, 4.69) is 51.3 Å². The zero-order valence-corrected chi connectivity index (χ0v) is 17.0. The van der Waals surface area contributed by atoms with Crippen LogP contribution < -0.4 is 10.2 Å². The molecule has 1 aromatic heterocycles. The Labute approximate surface area is 171 Å². The van der Waals surface area contributed by atoms with Crippen molar-refractivity contribution in [3.63, 3.8) is 0 Å². The molecule has 1 aromatic carbocycles. The number of aryl methyl sites for hydroxylation is 1. The summed E-state index contributed by atoms with van der Waals surface area (Å²) in [5.74, 6) is 1.65. The van der Waals surface area contributed by atoms with Crippen molar-refractivity contribution in [3.8, 4) is 0 Å². The monoisotopic (exact) mass is 398 g/mol. The van der Waals surface area contributed by atoms with Crippen LogP contribution in [0.25, 0.3) is 0 Å². The molecule has 1 aliphatic carbocycles. The molecule has 2 heterocycles. The summed E-state index contributed by atoms with van der Waals surface area (Å²) in [6.07, 6.45) is 4.08. The minimum Gasteiger partial charge on any atom is -0.354 e. The zero-order valence-electron chi connectivity index (χ0n) is 16.3. The Morgan fingerprint density at radius 3 is 2.46 bits per heavy atom. The third-order valence-corrected chi connectivity index (χ3v) is 5.85. The molecule has 1 unspecified atom stereocenters. The highest BCUT2D eigenvalue weighted by atomic mass is 35.5. The summed E-state index contributed by atoms with van der Waals surface area (Å²) in [5, 5.41) is 3.94. The molecule has 1 saturated carbocycles. The summed E-state index contributed by atoms with van der Waals surface area (Å²) in [5.41, 5.74) is 2.47. The number of carbonyl (C=O) groups excluding carboxylic acids is 1. The number of piperazine rings is 1. The van der Waals surface area contributed by atoms with Gasteiger partial charge in [-0.25, -0.2) is 4.98 Å². The predicted octanol–water partition coefficient (Wildman–Crippen LogP) is 3.43. The average Bonchev–Trinajstić information content (AvgIpc) is 3.53. The first kappa shape index (κ1) is 19.2. The number of hydrogen-bond donors (Lipinski definition) is 1. The molecule has 2 aliphatic rings. The van der Waals surface area contributed by atoms with Gasteiger partial charge < -0.3 is 10.2 Å². The Balaban J connectivity index is 1.29. The summed E-state index contributed by atoms with van der Waals surface area (Å²) in [7, 11) is 0. The Bertz CT molecular complexity index is 796. The highest BCUT2D eigenvalue weighted by molar-refractivity contribution is 6.30. The number of carbonyl (C=O) groups is 1. The van der Waals surface area contributed by atoms with E-state index in [-0.39, 0.29) is 11.9 Å². The molecule has 0 bridgehead atoms. The van der Waals surface area contributed by atoms with E-state index in [0.717, 1.165) is 32.0 Å². The fraction of sp³-hybridized carbons (Fsp3) is 0.455. The molecule has 1 aliphatic heterocycles. The van der Waals surface area contributed by atoms with Crippen LogP contribution in [-0.2, 0) is 4.79 Å². The van der Waals surface area contributed by atoms with Gasteiger partial charge in [0.25, 0.3) is 0 Å². The molecule has 148 valence electrons. The number of halogens is 1. The standard InChI is InChI=1S/C22H27ClN4O/c1-16-2-4-17(5-3-16)22(18-6-7-18)25-21(28)15-26-10-12-27(13-11-26)20-9-8-19(23)14-24-20/h2-5,8-9,14,18,22H,6-7,10-13,15H2,1H3,(H,25,28). The maximum absolute atomic E-state index is 12.7. The predicted molar refractivity (Wildman–Crippen MR) is 113 cm³/mol. The summed E-state index contributed by atoms with van der Waals surface area (Å²) < 4.78 is 0. The van der Waals surface area contributed by atoms with Crippen LogP contribution >= 0.6 is 11.6 Å². The lowest BCUT2D eigenvalue weighted by atomic mass is 10.0. The van der Waals surface area contributed by atoms with Crippen LogP contribution in [-0.4, -0.2) is 48.5 Å². The molecule has 2 fully saturated rings. The van der Waals surface area contributed by atoms with Crippen LogP contribution in [0.15, 0.2) is 42.6 Å². The number of aromatic nitrogens is 1.